The van der Waals surface area contributed by atoms with E-state index in [2.05, 4.69) is 21.7 Å². The number of terminal acetylenes is 1. The van der Waals surface area contributed by atoms with Crippen molar-refractivity contribution < 1.29 is 9.59 Å². The van der Waals surface area contributed by atoms with Crippen LogP contribution >= 0.6 is 0 Å². The standard InChI is InChI=1S/C16H16N4O2/c1-4-9-17-15(21)12-7-5-6-8-13(12)18-16(22)14-10-11(2)19-20(14)3/h1,5-8,10H,9H2,2-3H3,(H,17,21)(H,18,22). The molecule has 6 heteroatoms. The van der Waals surface area contributed by atoms with Gasteiger partial charge in [-0.1, -0.05) is 18.1 Å². The summed E-state index contributed by atoms with van der Waals surface area (Å²) in [5, 5.41) is 9.43. The van der Waals surface area contributed by atoms with Crippen molar-refractivity contribution in [3.05, 3.63) is 47.3 Å². The van der Waals surface area contributed by atoms with Crippen LogP contribution in [0.25, 0.3) is 0 Å². The number of hydrogen-bond acceptors (Lipinski definition) is 3. The van der Waals surface area contributed by atoms with Crippen LogP contribution in [-0.4, -0.2) is 28.1 Å². The molecule has 1 aromatic carbocycles. The number of hydrogen-bond donors (Lipinski definition) is 2. The number of anilines is 1. The van der Waals surface area contributed by atoms with E-state index >= 15 is 0 Å². The second-order valence-corrected chi connectivity index (χ2v) is 4.68. The van der Waals surface area contributed by atoms with Crippen molar-refractivity contribution in [1.29, 1.82) is 0 Å². The Morgan fingerprint density at radius 1 is 1.32 bits per heavy atom. The first-order valence-electron chi connectivity index (χ1n) is 6.65. The molecule has 0 aliphatic heterocycles. The van der Waals surface area contributed by atoms with Crippen molar-refractivity contribution in [2.75, 3.05) is 11.9 Å². The second-order valence-electron chi connectivity index (χ2n) is 4.68. The van der Waals surface area contributed by atoms with Crippen molar-refractivity contribution in [3.8, 4) is 12.3 Å². The fraction of sp³-hybridized carbons (Fsp3) is 0.188. The first-order chi connectivity index (χ1) is 10.5. The van der Waals surface area contributed by atoms with Gasteiger partial charge in [-0.3, -0.25) is 14.3 Å². The van der Waals surface area contributed by atoms with Gasteiger partial charge in [0.1, 0.15) is 5.69 Å². The van der Waals surface area contributed by atoms with Crippen molar-refractivity contribution in [1.82, 2.24) is 15.1 Å². The van der Waals surface area contributed by atoms with Gasteiger partial charge in [0, 0.05) is 7.05 Å². The first-order valence-corrected chi connectivity index (χ1v) is 6.65. The third kappa shape index (κ3) is 3.33. The van der Waals surface area contributed by atoms with Crippen LogP contribution in [-0.2, 0) is 7.05 Å². The molecule has 0 unspecified atom stereocenters. The van der Waals surface area contributed by atoms with E-state index in [0.29, 0.717) is 16.9 Å². The van der Waals surface area contributed by atoms with E-state index in [0.717, 1.165) is 5.69 Å². The summed E-state index contributed by atoms with van der Waals surface area (Å²) in [4.78, 5) is 24.3. The highest BCUT2D eigenvalue weighted by Crippen LogP contribution is 2.16. The lowest BCUT2D eigenvalue weighted by atomic mass is 10.1. The molecule has 2 aromatic rings. The Morgan fingerprint density at radius 3 is 2.68 bits per heavy atom. The summed E-state index contributed by atoms with van der Waals surface area (Å²) in [6.45, 7) is 1.93. The summed E-state index contributed by atoms with van der Waals surface area (Å²) in [7, 11) is 1.69. The van der Waals surface area contributed by atoms with Gasteiger partial charge in [-0.2, -0.15) is 5.10 Å². The third-order valence-corrected chi connectivity index (χ3v) is 3.01. The monoisotopic (exact) mass is 296 g/mol. The quantitative estimate of drug-likeness (QED) is 0.836. The molecule has 2 amide bonds. The number of aromatic nitrogens is 2. The molecule has 22 heavy (non-hydrogen) atoms. The maximum atomic E-state index is 12.3. The fourth-order valence-corrected chi connectivity index (χ4v) is 2.03. The minimum Gasteiger partial charge on any atom is -0.341 e. The minimum atomic E-state index is -0.338. The lowest BCUT2D eigenvalue weighted by molar-refractivity contribution is 0.0959. The second kappa shape index (κ2) is 6.59. The number of carbonyl (C=O) groups excluding carboxylic acids is 2. The summed E-state index contributed by atoms with van der Waals surface area (Å²) in [6, 6.07) is 8.41. The smallest absolute Gasteiger partial charge is 0.273 e. The van der Waals surface area contributed by atoms with E-state index < -0.39 is 0 Å². The molecule has 0 radical (unpaired) electrons. The number of nitrogens with zero attached hydrogens (tertiary/aromatic N) is 2. The van der Waals surface area contributed by atoms with Gasteiger partial charge in [-0.15, -0.1) is 6.42 Å². The van der Waals surface area contributed by atoms with E-state index in [1.54, 1.807) is 44.3 Å². The maximum absolute atomic E-state index is 12.3. The highest BCUT2D eigenvalue weighted by molar-refractivity contribution is 6.08. The molecule has 0 spiro atoms. The molecule has 0 bridgehead atoms. The van der Waals surface area contributed by atoms with Gasteiger partial charge >= 0.3 is 0 Å². The van der Waals surface area contributed by atoms with Crippen molar-refractivity contribution in [3.63, 3.8) is 0 Å². The molecule has 0 saturated carbocycles. The minimum absolute atomic E-state index is 0.127. The molecule has 0 aliphatic rings. The molecule has 112 valence electrons. The molecular weight excluding hydrogens is 280 g/mol. The Balaban J connectivity index is 2.23. The molecule has 0 atom stereocenters. The average Bonchev–Trinajstić information content (AvgIpc) is 2.84. The van der Waals surface area contributed by atoms with Gasteiger partial charge in [-0.05, 0) is 25.1 Å². The number of para-hydroxylation sites is 1. The van der Waals surface area contributed by atoms with Crippen LogP contribution < -0.4 is 10.6 Å². The van der Waals surface area contributed by atoms with E-state index in [9.17, 15) is 9.59 Å². The third-order valence-electron chi connectivity index (χ3n) is 3.01. The summed E-state index contributed by atoms with van der Waals surface area (Å²) in [6.07, 6.45) is 5.12. The Bertz CT molecular complexity index is 756. The molecule has 0 fully saturated rings. The van der Waals surface area contributed by atoms with Crippen LogP contribution in [0.1, 0.15) is 26.5 Å². The van der Waals surface area contributed by atoms with E-state index in [4.69, 9.17) is 6.42 Å². The number of aryl methyl sites for hydroxylation is 2. The Kier molecular flexibility index (Phi) is 4.59. The summed E-state index contributed by atoms with van der Waals surface area (Å²) >= 11 is 0. The molecule has 1 heterocycles. The zero-order chi connectivity index (χ0) is 16.1. The van der Waals surface area contributed by atoms with Crippen molar-refractivity contribution >= 4 is 17.5 Å². The highest BCUT2D eigenvalue weighted by atomic mass is 16.2. The predicted octanol–water partition coefficient (Wildman–Crippen LogP) is 1.34. The fourth-order valence-electron chi connectivity index (χ4n) is 2.03. The maximum Gasteiger partial charge on any atom is 0.273 e. The van der Waals surface area contributed by atoms with Gasteiger partial charge in [0.05, 0.1) is 23.5 Å². The number of nitrogens with one attached hydrogen (secondary N) is 2. The van der Waals surface area contributed by atoms with Crippen LogP contribution in [0.3, 0.4) is 0 Å². The van der Waals surface area contributed by atoms with Gasteiger partial charge in [0.15, 0.2) is 0 Å². The Morgan fingerprint density at radius 2 is 2.05 bits per heavy atom. The molecule has 2 N–H and O–H groups in total. The van der Waals surface area contributed by atoms with E-state index in [1.807, 2.05) is 0 Å². The lowest BCUT2D eigenvalue weighted by Gasteiger charge is -2.10. The zero-order valence-electron chi connectivity index (χ0n) is 12.4. The Labute approximate surface area is 128 Å². The van der Waals surface area contributed by atoms with Crippen LogP contribution in [0.15, 0.2) is 30.3 Å². The number of amides is 2. The highest BCUT2D eigenvalue weighted by Gasteiger charge is 2.16. The van der Waals surface area contributed by atoms with E-state index in [1.165, 1.54) is 4.68 Å². The van der Waals surface area contributed by atoms with Crippen LogP contribution in [0.5, 0.6) is 0 Å². The summed E-state index contributed by atoms with van der Waals surface area (Å²) in [5.41, 5.74) is 1.93. The van der Waals surface area contributed by atoms with Crippen LogP contribution in [0.4, 0.5) is 5.69 Å². The topological polar surface area (TPSA) is 76.0 Å². The number of carbonyl (C=O) groups is 2. The van der Waals surface area contributed by atoms with Crippen molar-refractivity contribution in [2.24, 2.45) is 7.05 Å². The molecular formula is C16H16N4O2. The molecule has 6 nitrogen and oxygen atoms in total. The average molecular weight is 296 g/mol. The van der Waals surface area contributed by atoms with Gasteiger partial charge in [0.25, 0.3) is 11.8 Å². The molecule has 2 rings (SSSR count). The normalized spacial score (nSPS) is 9.86. The number of rotatable bonds is 4. The van der Waals surface area contributed by atoms with Gasteiger partial charge < -0.3 is 10.6 Å². The predicted molar refractivity (Wildman–Crippen MR) is 83.5 cm³/mol. The van der Waals surface area contributed by atoms with Crippen LogP contribution in [0, 0.1) is 19.3 Å². The summed E-state index contributed by atoms with van der Waals surface area (Å²) in [5.74, 6) is 1.66. The molecule has 1 aromatic heterocycles. The van der Waals surface area contributed by atoms with Gasteiger partial charge in [0.2, 0.25) is 0 Å². The van der Waals surface area contributed by atoms with Crippen LogP contribution in [0.2, 0.25) is 0 Å². The van der Waals surface area contributed by atoms with E-state index in [-0.39, 0.29) is 18.4 Å². The first kappa shape index (κ1) is 15.3. The van der Waals surface area contributed by atoms with Crippen molar-refractivity contribution in [2.45, 2.75) is 6.92 Å². The lowest BCUT2D eigenvalue weighted by Crippen LogP contribution is -2.25. The molecule has 0 saturated heterocycles. The summed E-state index contributed by atoms with van der Waals surface area (Å²) < 4.78 is 1.49. The van der Waals surface area contributed by atoms with Gasteiger partial charge in [-0.25, -0.2) is 0 Å². The zero-order valence-corrected chi connectivity index (χ0v) is 12.4. The Hall–Kier alpha value is -3.07. The largest absolute Gasteiger partial charge is 0.341 e. The number of benzene rings is 1. The SMILES string of the molecule is C#CCNC(=O)c1ccccc1NC(=O)c1cc(C)nn1C. The molecule has 0 aliphatic carbocycles.